The van der Waals surface area contributed by atoms with E-state index >= 15 is 0 Å². The maximum atomic E-state index is 12.8. The molecule has 2 atom stereocenters. The predicted octanol–water partition coefficient (Wildman–Crippen LogP) is 3.35. The third-order valence-electron chi connectivity index (χ3n) is 6.53. The van der Waals surface area contributed by atoms with Gasteiger partial charge >= 0.3 is 0 Å². The molecule has 0 unspecified atom stereocenters. The van der Waals surface area contributed by atoms with E-state index < -0.39 is 0 Å². The van der Waals surface area contributed by atoms with Gasteiger partial charge in [-0.3, -0.25) is 9.69 Å². The van der Waals surface area contributed by atoms with E-state index in [4.69, 9.17) is 0 Å². The summed E-state index contributed by atoms with van der Waals surface area (Å²) in [6.07, 6.45) is 8.57. The van der Waals surface area contributed by atoms with Crippen LogP contribution in [0.3, 0.4) is 0 Å². The van der Waals surface area contributed by atoms with Gasteiger partial charge < -0.3 is 10.2 Å². The van der Waals surface area contributed by atoms with Crippen molar-refractivity contribution in [2.45, 2.75) is 76.0 Å². The Kier molecular flexibility index (Phi) is 5.60. The summed E-state index contributed by atoms with van der Waals surface area (Å²) in [6, 6.07) is 12.8. The van der Waals surface area contributed by atoms with Gasteiger partial charge in [-0.05, 0) is 51.0 Å². The Hall–Kier alpha value is -1.39. The zero-order chi connectivity index (χ0) is 17.9. The average molecular weight is 356 g/mol. The monoisotopic (exact) mass is 355 g/mol. The summed E-state index contributed by atoms with van der Waals surface area (Å²) < 4.78 is 0. The second kappa shape index (κ2) is 8.10. The Balaban J connectivity index is 1.32. The number of hydrogen-bond acceptors (Lipinski definition) is 3. The average Bonchev–Trinajstić information content (AvgIpc) is 3.50. The van der Waals surface area contributed by atoms with Crippen molar-refractivity contribution in [2.24, 2.45) is 0 Å². The summed E-state index contributed by atoms with van der Waals surface area (Å²) in [6.45, 7) is 5.12. The fraction of sp³-hybridized carbons (Fsp3) is 0.682. The molecule has 142 valence electrons. The quantitative estimate of drug-likeness (QED) is 0.880. The van der Waals surface area contributed by atoms with Crippen LogP contribution in [0, 0.1) is 0 Å². The number of piperidine rings is 2. The highest BCUT2D eigenvalue weighted by molar-refractivity contribution is 5.78. The van der Waals surface area contributed by atoms with Crippen LogP contribution >= 0.6 is 0 Å². The first-order valence-electron chi connectivity index (χ1n) is 10.5. The molecule has 0 aromatic heterocycles. The lowest BCUT2D eigenvalue weighted by Gasteiger charge is -2.41. The Morgan fingerprint density at radius 3 is 2.46 bits per heavy atom. The lowest BCUT2D eigenvalue weighted by molar-refractivity contribution is -0.125. The van der Waals surface area contributed by atoms with Crippen LogP contribution in [0.5, 0.6) is 0 Å². The molecule has 3 fully saturated rings. The van der Waals surface area contributed by atoms with Gasteiger partial charge in [0.15, 0.2) is 0 Å². The molecule has 4 nitrogen and oxygen atoms in total. The molecule has 1 aliphatic carbocycles. The number of hydrogen-bond donors (Lipinski definition) is 1. The first-order chi connectivity index (χ1) is 12.7. The summed E-state index contributed by atoms with van der Waals surface area (Å²) in [4.78, 5) is 17.8. The van der Waals surface area contributed by atoms with E-state index in [1.54, 1.807) is 0 Å². The van der Waals surface area contributed by atoms with Gasteiger partial charge in [-0.2, -0.15) is 0 Å². The SMILES string of the molecule is C[C@@H]1CCC[C@@H](c2ccccc2)N1CC(=O)NC1CCN(C2CC2)CC1. The molecule has 1 aromatic carbocycles. The number of nitrogens with one attached hydrogen (secondary N) is 1. The van der Waals surface area contributed by atoms with Crippen LogP contribution in [0.4, 0.5) is 0 Å². The molecule has 0 radical (unpaired) electrons. The minimum Gasteiger partial charge on any atom is -0.352 e. The fourth-order valence-corrected chi connectivity index (χ4v) is 4.83. The molecule has 1 aromatic rings. The molecule has 1 amide bonds. The van der Waals surface area contributed by atoms with E-state index in [1.807, 2.05) is 0 Å². The van der Waals surface area contributed by atoms with Crippen molar-refractivity contribution in [2.75, 3.05) is 19.6 Å². The van der Waals surface area contributed by atoms with Gasteiger partial charge in [0.2, 0.25) is 5.91 Å². The minimum atomic E-state index is 0.213. The van der Waals surface area contributed by atoms with Gasteiger partial charge in [0.05, 0.1) is 6.54 Å². The molecule has 2 heterocycles. The maximum absolute atomic E-state index is 12.8. The molecule has 1 saturated carbocycles. The molecule has 4 heteroatoms. The van der Waals surface area contributed by atoms with Gasteiger partial charge in [0.25, 0.3) is 0 Å². The highest BCUT2D eigenvalue weighted by Crippen LogP contribution is 2.34. The Morgan fingerprint density at radius 2 is 1.77 bits per heavy atom. The summed E-state index contributed by atoms with van der Waals surface area (Å²) in [7, 11) is 0. The number of likely N-dealkylation sites (tertiary alicyclic amines) is 2. The van der Waals surface area contributed by atoms with Crippen molar-refractivity contribution in [3.05, 3.63) is 35.9 Å². The Labute approximate surface area is 157 Å². The van der Waals surface area contributed by atoms with Crippen molar-refractivity contribution in [1.29, 1.82) is 0 Å². The standard InChI is InChI=1S/C22H33N3O/c1-17-6-5-9-21(18-7-3-2-4-8-18)25(17)16-22(26)23-19-12-14-24(15-13-19)20-10-11-20/h2-4,7-8,17,19-21H,5-6,9-16H2,1H3,(H,23,26)/t17-,21+/m1/s1. The molecular formula is C22H33N3O. The van der Waals surface area contributed by atoms with Crippen LogP contribution in [0.1, 0.15) is 63.5 Å². The molecule has 1 N–H and O–H groups in total. The van der Waals surface area contributed by atoms with E-state index in [0.29, 0.717) is 24.7 Å². The minimum absolute atomic E-state index is 0.213. The van der Waals surface area contributed by atoms with E-state index in [2.05, 4.69) is 52.4 Å². The number of benzene rings is 1. The molecule has 26 heavy (non-hydrogen) atoms. The van der Waals surface area contributed by atoms with Crippen molar-refractivity contribution in [3.63, 3.8) is 0 Å². The molecule has 3 aliphatic rings. The van der Waals surface area contributed by atoms with Gasteiger partial charge in [0, 0.05) is 37.3 Å². The van der Waals surface area contributed by atoms with Gasteiger partial charge in [-0.25, -0.2) is 0 Å². The fourth-order valence-electron chi connectivity index (χ4n) is 4.83. The predicted molar refractivity (Wildman–Crippen MR) is 105 cm³/mol. The van der Waals surface area contributed by atoms with Crippen LogP contribution in [-0.4, -0.2) is 53.5 Å². The third kappa shape index (κ3) is 4.29. The van der Waals surface area contributed by atoms with E-state index in [9.17, 15) is 4.79 Å². The molecule has 0 spiro atoms. The van der Waals surface area contributed by atoms with Crippen molar-refractivity contribution in [1.82, 2.24) is 15.1 Å². The van der Waals surface area contributed by atoms with Crippen LogP contribution in [-0.2, 0) is 4.79 Å². The first kappa shape index (κ1) is 18.0. The number of rotatable bonds is 5. The largest absolute Gasteiger partial charge is 0.352 e. The van der Waals surface area contributed by atoms with Crippen LogP contribution in [0.15, 0.2) is 30.3 Å². The summed E-state index contributed by atoms with van der Waals surface area (Å²) in [5.74, 6) is 0.213. The second-order valence-corrected chi connectivity index (χ2v) is 8.49. The molecular weight excluding hydrogens is 322 g/mol. The van der Waals surface area contributed by atoms with Gasteiger partial charge in [-0.15, -0.1) is 0 Å². The summed E-state index contributed by atoms with van der Waals surface area (Å²) in [5.41, 5.74) is 1.35. The van der Waals surface area contributed by atoms with Gasteiger partial charge in [0.1, 0.15) is 0 Å². The molecule has 2 saturated heterocycles. The smallest absolute Gasteiger partial charge is 0.234 e. The zero-order valence-corrected chi connectivity index (χ0v) is 16.1. The zero-order valence-electron chi connectivity index (χ0n) is 16.1. The van der Waals surface area contributed by atoms with Crippen molar-refractivity contribution >= 4 is 5.91 Å². The lowest BCUT2D eigenvalue weighted by atomic mass is 9.91. The highest BCUT2D eigenvalue weighted by atomic mass is 16.2. The van der Waals surface area contributed by atoms with Crippen LogP contribution in [0.25, 0.3) is 0 Å². The van der Waals surface area contributed by atoms with Crippen LogP contribution < -0.4 is 5.32 Å². The number of carbonyl (C=O) groups excluding carboxylic acids is 1. The van der Waals surface area contributed by atoms with E-state index in [1.165, 1.54) is 31.2 Å². The van der Waals surface area contributed by atoms with E-state index in [-0.39, 0.29) is 5.91 Å². The molecule has 2 aliphatic heterocycles. The number of amides is 1. The second-order valence-electron chi connectivity index (χ2n) is 8.49. The van der Waals surface area contributed by atoms with Crippen LogP contribution in [0.2, 0.25) is 0 Å². The number of carbonyl (C=O) groups is 1. The summed E-state index contributed by atoms with van der Waals surface area (Å²) >= 11 is 0. The highest BCUT2D eigenvalue weighted by Gasteiger charge is 2.33. The van der Waals surface area contributed by atoms with Crippen molar-refractivity contribution < 1.29 is 4.79 Å². The Morgan fingerprint density at radius 1 is 1.04 bits per heavy atom. The number of nitrogens with zero attached hydrogens (tertiary/aromatic N) is 2. The first-order valence-corrected chi connectivity index (χ1v) is 10.5. The lowest BCUT2D eigenvalue weighted by Crippen LogP contribution is -2.50. The molecule has 4 rings (SSSR count). The van der Waals surface area contributed by atoms with Gasteiger partial charge in [-0.1, -0.05) is 36.8 Å². The van der Waals surface area contributed by atoms with Crippen molar-refractivity contribution in [3.8, 4) is 0 Å². The Bertz CT molecular complexity index is 593. The molecule has 0 bridgehead atoms. The topological polar surface area (TPSA) is 35.6 Å². The normalized spacial score (nSPS) is 28.8. The van der Waals surface area contributed by atoms with E-state index in [0.717, 1.165) is 38.4 Å². The summed E-state index contributed by atoms with van der Waals surface area (Å²) in [5, 5.41) is 3.33. The third-order valence-corrected chi connectivity index (χ3v) is 6.53. The maximum Gasteiger partial charge on any atom is 0.234 e.